The molecule has 2 rings (SSSR count). The van der Waals surface area contributed by atoms with Crippen molar-refractivity contribution in [3.05, 3.63) is 21.9 Å². The highest BCUT2D eigenvalue weighted by Gasteiger charge is 2.33. The number of ether oxygens (including phenoxy) is 2. The lowest BCUT2D eigenvalue weighted by Crippen LogP contribution is -2.36. The fourth-order valence-corrected chi connectivity index (χ4v) is 3.95. The molecule has 0 radical (unpaired) electrons. The van der Waals surface area contributed by atoms with Crippen LogP contribution in [0.5, 0.6) is 0 Å². The van der Waals surface area contributed by atoms with Gasteiger partial charge in [-0.05, 0) is 49.7 Å². The van der Waals surface area contributed by atoms with E-state index in [9.17, 15) is 9.59 Å². The maximum absolute atomic E-state index is 12.0. The van der Waals surface area contributed by atoms with Gasteiger partial charge >= 0.3 is 11.9 Å². The van der Waals surface area contributed by atoms with Gasteiger partial charge in [-0.1, -0.05) is 27.2 Å². The summed E-state index contributed by atoms with van der Waals surface area (Å²) in [5, 5.41) is 0. The van der Waals surface area contributed by atoms with Crippen LogP contribution in [0.25, 0.3) is 0 Å². The van der Waals surface area contributed by atoms with Crippen LogP contribution in [0.3, 0.4) is 0 Å². The molecule has 0 bridgehead atoms. The van der Waals surface area contributed by atoms with Gasteiger partial charge in [-0.2, -0.15) is 0 Å². The van der Waals surface area contributed by atoms with E-state index in [-0.39, 0.29) is 12.7 Å². The monoisotopic (exact) mass is 338 g/mol. The van der Waals surface area contributed by atoms with Crippen LogP contribution in [0.2, 0.25) is 0 Å². The van der Waals surface area contributed by atoms with Crippen molar-refractivity contribution in [2.45, 2.75) is 53.1 Å². The van der Waals surface area contributed by atoms with Crippen molar-refractivity contribution in [3.8, 4) is 0 Å². The van der Waals surface area contributed by atoms with Gasteiger partial charge in [-0.25, -0.2) is 9.59 Å². The predicted molar refractivity (Wildman–Crippen MR) is 90.6 cm³/mol. The van der Waals surface area contributed by atoms with Crippen LogP contribution in [0.15, 0.2) is 12.1 Å². The van der Waals surface area contributed by atoms with Gasteiger partial charge in [0.2, 0.25) is 0 Å². The molecule has 0 spiro atoms. The summed E-state index contributed by atoms with van der Waals surface area (Å²) < 4.78 is 10.7. The Morgan fingerprint density at radius 3 is 2.65 bits per heavy atom. The topological polar surface area (TPSA) is 52.6 Å². The van der Waals surface area contributed by atoms with Gasteiger partial charge in [0.1, 0.15) is 11.0 Å². The summed E-state index contributed by atoms with van der Waals surface area (Å²) in [6.45, 7) is 8.13. The highest BCUT2D eigenvalue weighted by molar-refractivity contribution is 7.13. The number of carbonyl (C=O) groups excluding carboxylic acids is 2. The molecule has 1 fully saturated rings. The van der Waals surface area contributed by atoms with Crippen molar-refractivity contribution in [2.24, 2.45) is 17.8 Å². The Morgan fingerprint density at radius 1 is 1.30 bits per heavy atom. The molecule has 1 saturated carbocycles. The van der Waals surface area contributed by atoms with Crippen LogP contribution >= 0.6 is 11.3 Å². The van der Waals surface area contributed by atoms with E-state index in [2.05, 4.69) is 20.8 Å². The smallest absolute Gasteiger partial charge is 0.348 e. The Labute approximate surface area is 142 Å². The van der Waals surface area contributed by atoms with E-state index in [1.54, 1.807) is 6.07 Å². The number of hydrogen-bond donors (Lipinski definition) is 0. The van der Waals surface area contributed by atoms with Crippen molar-refractivity contribution < 1.29 is 19.1 Å². The summed E-state index contributed by atoms with van der Waals surface area (Å²) in [6, 6.07) is 3.57. The third kappa shape index (κ3) is 5.06. The maximum atomic E-state index is 12.0. The number of thiophene rings is 1. The van der Waals surface area contributed by atoms with Crippen LogP contribution in [0.4, 0.5) is 0 Å². The van der Waals surface area contributed by atoms with Crippen molar-refractivity contribution in [1.82, 2.24) is 0 Å². The van der Waals surface area contributed by atoms with Gasteiger partial charge in [0.25, 0.3) is 0 Å². The summed E-state index contributed by atoms with van der Waals surface area (Å²) in [4.78, 5) is 25.4. The SMILES string of the molecule is Cc1ccc(C(=O)OCC(=O)O[C@@H]2C[C@@H](C)CC[C@@H]2C(C)C)s1. The molecule has 0 saturated heterocycles. The Hall–Kier alpha value is -1.36. The zero-order valence-electron chi connectivity index (χ0n) is 14.3. The maximum Gasteiger partial charge on any atom is 0.348 e. The minimum Gasteiger partial charge on any atom is -0.460 e. The van der Waals surface area contributed by atoms with Gasteiger partial charge in [0, 0.05) is 4.88 Å². The second-order valence-electron chi connectivity index (χ2n) is 6.84. The van der Waals surface area contributed by atoms with E-state index >= 15 is 0 Å². The molecule has 0 unspecified atom stereocenters. The molecule has 1 aromatic rings. The average molecular weight is 338 g/mol. The molecular weight excluding hydrogens is 312 g/mol. The first-order valence-electron chi connectivity index (χ1n) is 8.30. The Morgan fingerprint density at radius 2 is 2.04 bits per heavy atom. The van der Waals surface area contributed by atoms with E-state index in [4.69, 9.17) is 9.47 Å². The number of esters is 2. The summed E-state index contributed by atoms with van der Waals surface area (Å²) in [5.74, 6) is 0.538. The quantitative estimate of drug-likeness (QED) is 0.754. The molecule has 4 nitrogen and oxygen atoms in total. The Kier molecular flexibility index (Phi) is 6.22. The van der Waals surface area contributed by atoms with Crippen molar-refractivity contribution in [3.63, 3.8) is 0 Å². The van der Waals surface area contributed by atoms with Gasteiger partial charge in [-0.15, -0.1) is 11.3 Å². The second-order valence-corrected chi connectivity index (χ2v) is 8.13. The molecule has 3 atom stereocenters. The molecule has 0 aliphatic heterocycles. The standard InChI is InChI=1S/C18H26O4S/c1-11(2)14-7-5-12(3)9-15(14)22-17(19)10-21-18(20)16-8-6-13(4)23-16/h6,8,11-12,14-15H,5,7,9-10H2,1-4H3/t12-,14+,15+/m0/s1. The van der Waals surface area contributed by atoms with Gasteiger partial charge in [0.05, 0.1) is 0 Å². The van der Waals surface area contributed by atoms with Crippen molar-refractivity contribution >= 4 is 23.3 Å². The molecule has 128 valence electrons. The summed E-state index contributed by atoms with van der Waals surface area (Å²) in [6.07, 6.45) is 3.11. The molecule has 0 aromatic carbocycles. The average Bonchev–Trinajstić information content (AvgIpc) is 2.91. The largest absolute Gasteiger partial charge is 0.460 e. The molecule has 1 aliphatic carbocycles. The highest BCUT2D eigenvalue weighted by Crippen LogP contribution is 2.35. The van der Waals surface area contributed by atoms with E-state index in [1.165, 1.54) is 17.8 Å². The Bertz CT molecular complexity index is 549. The molecule has 23 heavy (non-hydrogen) atoms. The van der Waals surface area contributed by atoms with Gasteiger partial charge in [0.15, 0.2) is 6.61 Å². The lowest BCUT2D eigenvalue weighted by molar-refractivity contribution is -0.159. The lowest BCUT2D eigenvalue weighted by atomic mass is 9.75. The molecule has 5 heteroatoms. The first-order valence-corrected chi connectivity index (χ1v) is 9.11. The number of hydrogen-bond acceptors (Lipinski definition) is 5. The Balaban J connectivity index is 1.84. The summed E-state index contributed by atoms with van der Waals surface area (Å²) in [5.41, 5.74) is 0. The normalized spacial score (nSPS) is 24.5. The van der Waals surface area contributed by atoms with Crippen LogP contribution in [-0.2, 0) is 14.3 Å². The molecule has 1 aromatic heterocycles. The fraction of sp³-hybridized carbons (Fsp3) is 0.667. The first kappa shape index (κ1) is 18.0. The zero-order valence-corrected chi connectivity index (χ0v) is 15.2. The second kappa shape index (κ2) is 7.95. The molecule has 1 aliphatic rings. The van der Waals surface area contributed by atoms with Crippen LogP contribution in [0.1, 0.15) is 54.6 Å². The third-order valence-corrected chi connectivity index (χ3v) is 5.49. The van der Waals surface area contributed by atoms with E-state index < -0.39 is 11.9 Å². The highest BCUT2D eigenvalue weighted by atomic mass is 32.1. The van der Waals surface area contributed by atoms with Gasteiger partial charge < -0.3 is 9.47 Å². The van der Waals surface area contributed by atoms with E-state index in [1.807, 2.05) is 13.0 Å². The van der Waals surface area contributed by atoms with E-state index in [0.29, 0.717) is 22.6 Å². The predicted octanol–water partition coefficient (Wildman–Crippen LogP) is 4.22. The number of carbonyl (C=O) groups is 2. The summed E-state index contributed by atoms with van der Waals surface area (Å²) in [7, 11) is 0. The van der Waals surface area contributed by atoms with Crippen molar-refractivity contribution in [2.75, 3.05) is 6.61 Å². The molecule has 0 N–H and O–H groups in total. The van der Waals surface area contributed by atoms with Crippen LogP contribution in [0, 0.1) is 24.7 Å². The van der Waals surface area contributed by atoms with E-state index in [0.717, 1.165) is 17.7 Å². The lowest BCUT2D eigenvalue weighted by Gasteiger charge is -2.36. The third-order valence-electron chi connectivity index (χ3n) is 4.51. The molecule has 1 heterocycles. The summed E-state index contributed by atoms with van der Waals surface area (Å²) >= 11 is 1.36. The molecular formula is C18H26O4S. The molecule has 0 amide bonds. The fourth-order valence-electron chi connectivity index (χ4n) is 3.19. The van der Waals surface area contributed by atoms with Crippen LogP contribution < -0.4 is 0 Å². The number of aryl methyl sites for hydroxylation is 1. The first-order chi connectivity index (χ1) is 10.9. The van der Waals surface area contributed by atoms with Crippen molar-refractivity contribution in [1.29, 1.82) is 0 Å². The number of rotatable bonds is 5. The van der Waals surface area contributed by atoms with Gasteiger partial charge in [-0.3, -0.25) is 0 Å². The minimum absolute atomic E-state index is 0.0612. The van der Waals surface area contributed by atoms with Crippen LogP contribution in [-0.4, -0.2) is 24.6 Å². The zero-order chi connectivity index (χ0) is 17.0. The minimum atomic E-state index is -0.461.